The number of hydrogen-bond acceptors (Lipinski definition) is 2. The molecule has 0 rings (SSSR count). The highest BCUT2D eigenvalue weighted by Gasteiger charge is 2.06. The monoisotopic (exact) mass is 152 g/mol. The van der Waals surface area contributed by atoms with E-state index >= 15 is 0 Å². The van der Waals surface area contributed by atoms with Gasteiger partial charge in [-0.1, -0.05) is 6.58 Å². The van der Waals surface area contributed by atoms with E-state index in [1.165, 1.54) is 7.05 Å². The molecule has 0 unspecified atom stereocenters. The number of nitrogens with zero attached hydrogens (tertiary/aromatic N) is 1. The molecule has 0 aliphatic carbocycles. The van der Waals surface area contributed by atoms with Crippen molar-refractivity contribution in [2.45, 2.75) is 6.32 Å². The lowest BCUT2D eigenvalue weighted by molar-refractivity contribution is -0.129. The molecular formula is C7H10BNO2. The van der Waals surface area contributed by atoms with Gasteiger partial charge >= 0.3 is 0 Å². The van der Waals surface area contributed by atoms with Gasteiger partial charge in [0.1, 0.15) is 5.78 Å². The fourth-order valence-electron chi connectivity index (χ4n) is 0.536. The van der Waals surface area contributed by atoms with Crippen molar-refractivity contribution in [3.8, 4) is 0 Å². The van der Waals surface area contributed by atoms with E-state index in [1.807, 2.05) is 0 Å². The van der Waals surface area contributed by atoms with Gasteiger partial charge in [0.05, 0.1) is 15.8 Å². The first-order chi connectivity index (χ1) is 5.49. The number of carbonyl (C=O) groups is 2. The minimum absolute atomic E-state index is 0.0623. The molecule has 58 valence electrons. The lowest BCUT2D eigenvalue weighted by Crippen LogP contribution is -2.30. The standard InChI is InChI=1S/C7H10BNO2/c1-3-7(11)9(2)5-6(10)4-8/h3H,1,4-5H2,2H3/i3D. The molecule has 0 aliphatic rings. The summed E-state index contributed by atoms with van der Waals surface area (Å²) in [6.45, 7) is 3.08. The molecule has 1 amide bonds. The second-order valence-corrected chi connectivity index (χ2v) is 2.08. The SMILES string of the molecule is [2H]C(=C)C(=O)N(C)CC(=O)C[B]. The summed E-state index contributed by atoms with van der Waals surface area (Å²) in [5.74, 6) is -0.802. The Morgan fingerprint density at radius 3 is 2.73 bits per heavy atom. The number of likely N-dealkylation sites (N-methyl/N-ethyl adjacent to an activating group) is 1. The minimum atomic E-state index is -0.559. The van der Waals surface area contributed by atoms with Crippen molar-refractivity contribution in [3.63, 3.8) is 0 Å². The molecule has 11 heavy (non-hydrogen) atoms. The predicted molar refractivity (Wildman–Crippen MR) is 43.4 cm³/mol. The Hall–Kier alpha value is -1.06. The van der Waals surface area contributed by atoms with Gasteiger partial charge in [-0.25, -0.2) is 0 Å². The van der Waals surface area contributed by atoms with Crippen molar-refractivity contribution in [1.82, 2.24) is 4.90 Å². The normalized spacial score (nSPS) is 10.1. The first-order valence-corrected chi connectivity index (χ1v) is 3.11. The minimum Gasteiger partial charge on any atom is -0.335 e. The van der Waals surface area contributed by atoms with E-state index in [9.17, 15) is 9.59 Å². The molecule has 0 aromatic heterocycles. The lowest BCUT2D eigenvalue weighted by atomic mass is 10.0. The van der Waals surface area contributed by atoms with E-state index in [-0.39, 0.29) is 24.7 Å². The molecule has 0 spiro atoms. The van der Waals surface area contributed by atoms with Crippen LogP contribution in [-0.2, 0) is 9.59 Å². The highest BCUT2D eigenvalue weighted by Crippen LogP contribution is 1.88. The Balaban J connectivity index is 4.04. The van der Waals surface area contributed by atoms with Gasteiger partial charge in [-0.3, -0.25) is 9.59 Å². The summed E-state index contributed by atoms with van der Waals surface area (Å²) in [7, 11) is 6.47. The number of carbonyl (C=O) groups excluding carboxylic acids is 2. The van der Waals surface area contributed by atoms with Crippen molar-refractivity contribution in [2.75, 3.05) is 13.6 Å². The maximum absolute atomic E-state index is 10.9. The van der Waals surface area contributed by atoms with Gasteiger partial charge in [0, 0.05) is 7.05 Å². The molecule has 0 saturated carbocycles. The summed E-state index contributed by atoms with van der Waals surface area (Å²) in [5.41, 5.74) is 0. The fraction of sp³-hybridized carbons (Fsp3) is 0.429. The molecule has 3 nitrogen and oxygen atoms in total. The fourth-order valence-corrected chi connectivity index (χ4v) is 0.536. The van der Waals surface area contributed by atoms with Crippen molar-refractivity contribution in [1.29, 1.82) is 0 Å². The molecular weight excluding hydrogens is 141 g/mol. The van der Waals surface area contributed by atoms with E-state index in [0.717, 1.165) is 4.90 Å². The van der Waals surface area contributed by atoms with Gasteiger partial charge in [-0.05, 0) is 12.4 Å². The summed E-state index contributed by atoms with van der Waals surface area (Å²) in [6, 6.07) is -0.331. The van der Waals surface area contributed by atoms with E-state index < -0.39 is 5.91 Å². The van der Waals surface area contributed by atoms with Crippen LogP contribution in [0, 0.1) is 0 Å². The molecule has 2 radical (unpaired) electrons. The van der Waals surface area contributed by atoms with Crippen LogP contribution in [0.5, 0.6) is 0 Å². The number of rotatable bonds is 4. The third-order valence-electron chi connectivity index (χ3n) is 1.14. The topological polar surface area (TPSA) is 37.4 Å². The first-order valence-electron chi connectivity index (χ1n) is 3.61. The summed E-state index contributed by atoms with van der Waals surface area (Å²) < 4.78 is 6.89. The maximum Gasteiger partial charge on any atom is 0.246 e. The third-order valence-corrected chi connectivity index (χ3v) is 1.14. The van der Waals surface area contributed by atoms with Crippen LogP contribution in [0.4, 0.5) is 0 Å². The number of Topliss-reactive ketones (excluding diaryl/α,β-unsaturated/α-hetero) is 1. The maximum atomic E-state index is 10.9. The zero-order chi connectivity index (χ0) is 9.72. The molecule has 0 atom stereocenters. The van der Waals surface area contributed by atoms with Crippen LogP contribution in [-0.4, -0.2) is 38.0 Å². The van der Waals surface area contributed by atoms with Gasteiger partial charge in [-0.2, -0.15) is 0 Å². The molecule has 0 heterocycles. The van der Waals surface area contributed by atoms with Crippen LogP contribution >= 0.6 is 0 Å². The van der Waals surface area contributed by atoms with Gasteiger partial charge < -0.3 is 4.90 Å². The molecule has 0 bridgehead atoms. The number of ketones is 1. The lowest BCUT2D eigenvalue weighted by Gasteiger charge is -2.12. The van der Waals surface area contributed by atoms with E-state index in [0.29, 0.717) is 0 Å². The molecule has 0 aliphatic heterocycles. The first kappa shape index (κ1) is 8.05. The zero-order valence-electron chi connectivity index (χ0n) is 7.46. The Kier molecular flexibility index (Phi) is 3.45. The number of amides is 1. The highest BCUT2D eigenvalue weighted by atomic mass is 16.2. The average Bonchev–Trinajstić information content (AvgIpc) is 2.02. The van der Waals surface area contributed by atoms with Crippen LogP contribution in [0.1, 0.15) is 1.37 Å². The molecule has 0 aromatic rings. The second-order valence-electron chi connectivity index (χ2n) is 2.08. The molecule has 0 aromatic carbocycles. The van der Waals surface area contributed by atoms with Crippen molar-refractivity contribution in [2.24, 2.45) is 0 Å². The van der Waals surface area contributed by atoms with E-state index in [4.69, 9.17) is 9.22 Å². The van der Waals surface area contributed by atoms with Crippen LogP contribution in [0.2, 0.25) is 6.32 Å². The van der Waals surface area contributed by atoms with Crippen LogP contribution in [0.3, 0.4) is 0 Å². The molecule has 0 fully saturated rings. The van der Waals surface area contributed by atoms with Crippen molar-refractivity contribution < 1.29 is 11.0 Å². The second kappa shape index (κ2) is 4.71. The van der Waals surface area contributed by atoms with Gasteiger partial charge in [0.2, 0.25) is 5.91 Å². The smallest absolute Gasteiger partial charge is 0.246 e. The van der Waals surface area contributed by atoms with Gasteiger partial charge in [0.25, 0.3) is 0 Å². The zero-order valence-corrected chi connectivity index (χ0v) is 6.46. The Morgan fingerprint density at radius 1 is 1.82 bits per heavy atom. The van der Waals surface area contributed by atoms with Gasteiger partial charge in [-0.15, -0.1) is 0 Å². The van der Waals surface area contributed by atoms with Crippen molar-refractivity contribution in [3.05, 3.63) is 12.6 Å². The van der Waals surface area contributed by atoms with E-state index in [1.54, 1.807) is 0 Å². The van der Waals surface area contributed by atoms with Gasteiger partial charge in [0.15, 0.2) is 0 Å². The Labute approximate surface area is 68.9 Å². The summed E-state index contributed by atoms with van der Waals surface area (Å²) in [5, 5.41) is 0. The van der Waals surface area contributed by atoms with Crippen LogP contribution in [0.15, 0.2) is 12.6 Å². The summed E-state index contributed by atoms with van der Waals surface area (Å²) in [4.78, 5) is 22.8. The molecule has 4 heteroatoms. The largest absolute Gasteiger partial charge is 0.335 e. The predicted octanol–water partition coefficient (Wildman–Crippen LogP) is -0.213. The van der Waals surface area contributed by atoms with Crippen molar-refractivity contribution >= 4 is 19.5 Å². The number of hydrogen-bond donors (Lipinski definition) is 0. The quantitative estimate of drug-likeness (QED) is 0.412. The average molecular weight is 152 g/mol. The summed E-state index contributed by atoms with van der Waals surface area (Å²) >= 11 is 0. The Bertz CT molecular complexity index is 217. The van der Waals surface area contributed by atoms with Crippen LogP contribution < -0.4 is 0 Å². The highest BCUT2D eigenvalue weighted by molar-refractivity contribution is 6.20. The summed E-state index contributed by atoms with van der Waals surface area (Å²) in [6.07, 6.45) is -0.0951. The van der Waals surface area contributed by atoms with E-state index in [2.05, 4.69) is 6.58 Å². The Morgan fingerprint density at radius 2 is 2.36 bits per heavy atom. The van der Waals surface area contributed by atoms with Crippen LogP contribution in [0.25, 0.3) is 0 Å². The molecule has 0 saturated heterocycles. The third kappa shape index (κ3) is 3.60. The molecule has 0 N–H and O–H groups in total.